The molecule has 3 atom stereocenters. The van der Waals surface area contributed by atoms with E-state index in [4.69, 9.17) is 5.73 Å². The highest BCUT2D eigenvalue weighted by molar-refractivity contribution is 5.83. The van der Waals surface area contributed by atoms with E-state index in [1.807, 2.05) is 0 Å². The molecule has 3 nitrogen and oxygen atoms in total. The molecule has 19 heavy (non-hydrogen) atoms. The molecule has 2 N–H and O–H groups in total. The van der Waals surface area contributed by atoms with Crippen LogP contribution in [0.15, 0.2) is 18.2 Å². The van der Waals surface area contributed by atoms with Crippen LogP contribution in [0.1, 0.15) is 24.3 Å². The molecule has 0 spiro atoms. The first-order chi connectivity index (χ1) is 9.06. The SMILES string of the molecule is N[C@@H]1CCN(C(=O)C2CC2c2cc(F)ccc2F)C1. The second-order valence-electron chi connectivity index (χ2n) is 5.45. The Kier molecular flexibility index (Phi) is 3.01. The van der Waals surface area contributed by atoms with Gasteiger partial charge in [-0.1, -0.05) is 0 Å². The molecule has 1 aliphatic heterocycles. The number of nitrogens with zero attached hydrogens (tertiary/aromatic N) is 1. The van der Waals surface area contributed by atoms with Crippen LogP contribution in [0.3, 0.4) is 0 Å². The second kappa shape index (κ2) is 4.56. The monoisotopic (exact) mass is 266 g/mol. The van der Waals surface area contributed by atoms with Crippen LogP contribution >= 0.6 is 0 Å². The number of halogens is 2. The molecule has 5 heteroatoms. The van der Waals surface area contributed by atoms with Gasteiger partial charge in [0.25, 0.3) is 0 Å². The van der Waals surface area contributed by atoms with Gasteiger partial charge in [0.1, 0.15) is 11.6 Å². The summed E-state index contributed by atoms with van der Waals surface area (Å²) in [5.41, 5.74) is 6.09. The van der Waals surface area contributed by atoms with Gasteiger partial charge in [-0.05, 0) is 42.5 Å². The smallest absolute Gasteiger partial charge is 0.226 e. The largest absolute Gasteiger partial charge is 0.341 e. The quantitative estimate of drug-likeness (QED) is 0.884. The molecule has 0 bridgehead atoms. The summed E-state index contributed by atoms with van der Waals surface area (Å²) in [5.74, 6) is -1.25. The topological polar surface area (TPSA) is 46.3 Å². The minimum Gasteiger partial charge on any atom is -0.341 e. The van der Waals surface area contributed by atoms with Crippen molar-refractivity contribution >= 4 is 5.91 Å². The molecule has 1 saturated carbocycles. The van der Waals surface area contributed by atoms with Crippen LogP contribution in [0.2, 0.25) is 0 Å². The first kappa shape index (κ1) is 12.5. The van der Waals surface area contributed by atoms with E-state index in [0.29, 0.717) is 25.1 Å². The van der Waals surface area contributed by atoms with E-state index >= 15 is 0 Å². The van der Waals surface area contributed by atoms with E-state index in [-0.39, 0.29) is 23.8 Å². The average Bonchev–Trinajstić information content (AvgIpc) is 3.06. The Morgan fingerprint density at radius 3 is 2.84 bits per heavy atom. The lowest BCUT2D eigenvalue weighted by Gasteiger charge is -2.15. The summed E-state index contributed by atoms with van der Waals surface area (Å²) in [6.07, 6.45) is 1.42. The molecular formula is C14H16F2N2O. The van der Waals surface area contributed by atoms with Gasteiger partial charge >= 0.3 is 0 Å². The van der Waals surface area contributed by atoms with E-state index in [1.54, 1.807) is 4.90 Å². The Labute approximate surface area is 110 Å². The molecule has 0 radical (unpaired) electrons. The fourth-order valence-corrected chi connectivity index (χ4v) is 2.83. The van der Waals surface area contributed by atoms with Crippen LogP contribution in [0.5, 0.6) is 0 Å². The standard InChI is InChI=1S/C14H16F2N2O/c15-8-1-2-13(16)11(5-8)10-6-12(10)14(19)18-4-3-9(17)7-18/h1-2,5,9-10,12H,3-4,6-7,17H2/t9-,10?,12?/m1/s1. The normalized spacial score (nSPS) is 29.6. The summed E-state index contributed by atoms with van der Waals surface area (Å²) in [4.78, 5) is 13.9. The fourth-order valence-electron chi connectivity index (χ4n) is 2.83. The predicted molar refractivity (Wildman–Crippen MR) is 66.4 cm³/mol. The van der Waals surface area contributed by atoms with Crippen molar-refractivity contribution in [3.63, 3.8) is 0 Å². The van der Waals surface area contributed by atoms with Crippen molar-refractivity contribution in [1.82, 2.24) is 4.90 Å². The Bertz CT molecular complexity index is 520. The first-order valence-electron chi connectivity index (χ1n) is 6.55. The number of rotatable bonds is 2. The number of hydrogen-bond donors (Lipinski definition) is 1. The van der Waals surface area contributed by atoms with Crippen LogP contribution in [0.25, 0.3) is 0 Å². The number of likely N-dealkylation sites (tertiary alicyclic amines) is 1. The van der Waals surface area contributed by atoms with Gasteiger partial charge in [0.2, 0.25) is 5.91 Å². The molecule has 1 heterocycles. The Hall–Kier alpha value is -1.49. The molecule has 0 aromatic heterocycles. The van der Waals surface area contributed by atoms with E-state index < -0.39 is 11.6 Å². The summed E-state index contributed by atoms with van der Waals surface area (Å²) < 4.78 is 26.8. The zero-order valence-corrected chi connectivity index (χ0v) is 10.5. The average molecular weight is 266 g/mol. The van der Waals surface area contributed by atoms with Crippen molar-refractivity contribution < 1.29 is 13.6 Å². The van der Waals surface area contributed by atoms with Gasteiger partial charge in [-0.25, -0.2) is 8.78 Å². The highest BCUT2D eigenvalue weighted by Crippen LogP contribution is 2.49. The molecule has 2 fully saturated rings. The molecule has 2 unspecified atom stereocenters. The zero-order chi connectivity index (χ0) is 13.6. The number of carbonyl (C=O) groups excluding carboxylic acids is 1. The Morgan fingerprint density at radius 1 is 1.37 bits per heavy atom. The van der Waals surface area contributed by atoms with E-state index in [2.05, 4.69) is 0 Å². The lowest BCUT2D eigenvalue weighted by Crippen LogP contribution is -2.33. The van der Waals surface area contributed by atoms with E-state index in [0.717, 1.165) is 18.6 Å². The van der Waals surface area contributed by atoms with Crippen molar-refractivity contribution in [2.75, 3.05) is 13.1 Å². The van der Waals surface area contributed by atoms with Crippen LogP contribution in [0, 0.1) is 17.6 Å². The maximum Gasteiger partial charge on any atom is 0.226 e. The van der Waals surface area contributed by atoms with Crippen LogP contribution in [-0.2, 0) is 4.79 Å². The fraction of sp³-hybridized carbons (Fsp3) is 0.500. The van der Waals surface area contributed by atoms with Crippen LogP contribution in [0.4, 0.5) is 8.78 Å². The van der Waals surface area contributed by atoms with Crippen LogP contribution in [-0.4, -0.2) is 29.9 Å². The van der Waals surface area contributed by atoms with Gasteiger partial charge in [0, 0.05) is 25.0 Å². The number of amides is 1. The number of nitrogens with two attached hydrogens (primary N) is 1. The molecule has 1 amide bonds. The molecule has 102 valence electrons. The molecule has 1 aliphatic carbocycles. The Balaban J connectivity index is 1.70. The molecule has 1 saturated heterocycles. The molecular weight excluding hydrogens is 250 g/mol. The zero-order valence-electron chi connectivity index (χ0n) is 10.5. The van der Waals surface area contributed by atoms with E-state index in [9.17, 15) is 13.6 Å². The predicted octanol–water partition coefficient (Wildman–Crippen LogP) is 1.63. The minimum absolute atomic E-state index is 0.0293. The van der Waals surface area contributed by atoms with Crippen molar-refractivity contribution in [3.8, 4) is 0 Å². The summed E-state index contributed by atoms with van der Waals surface area (Å²) in [6, 6.07) is 3.46. The van der Waals surface area contributed by atoms with Gasteiger partial charge in [-0.2, -0.15) is 0 Å². The Morgan fingerprint density at radius 2 is 2.16 bits per heavy atom. The van der Waals surface area contributed by atoms with Gasteiger partial charge in [0.05, 0.1) is 0 Å². The molecule has 1 aromatic rings. The maximum atomic E-state index is 13.6. The number of benzene rings is 1. The molecule has 3 rings (SSSR count). The number of carbonyl (C=O) groups is 1. The molecule has 2 aliphatic rings. The lowest BCUT2D eigenvalue weighted by atomic mass is 10.1. The van der Waals surface area contributed by atoms with Gasteiger partial charge < -0.3 is 10.6 Å². The summed E-state index contributed by atoms with van der Waals surface area (Å²) in [6.45, 7) is 1.25. The summed E-state index contributed by atoms with van der Waals surface area (Å²) in [7, 11) is 0. The third-order valence-corrected chi connectivity index (χ3v) is 4.00. The summed E-state index contributed by atoms with van der Waals surface area (Å²) >= 11 is 0. The van der Waals surface area contributed by atoms with Gasteiger partial charge in [-0.15, -0.1) is 0 Å². The lowest BCUT2D eigenvalue weighted by molar-refractivity contribution is -0.131. The van der Waals surface area contributed by atoms with Gasteiger partial charge in [0.15, 0.2) is 0 Å². The highest BCUT2D eigenvalue weighted by Gasteiger charge is 2.47. The third-order valence-electron chi connectivity index (χ3n) is 4.00. The third kappa shape index (κ3) is 2.34. The second-order valence-corrected chi connectivity index (χ2v) is 5.45. The van der Waals surface area contributed by atoms with Crippen molar-refractivity contribution in [3.05, 3.63) is 35.4 Å². The first-order valence-corrected chi connectivity index (χ1v) is 6.55. The minimum atomic E-state index is -0.460. The molecule has 1 aromatic carbocycles. The van der Waals surface area contributed by atoms with Crippen LogP contribution < -0.4 is 5.73 Å². The number of hydrogen-bond acceptors (Lipinski definition) is 2. The van der Waals surface area contributed by atoms with E-state index in [1.165, 1.54) is 6.07 Å². The highest BCUT2D eigenvalue weighted by atomic mass is 19.1. The van der Waals surface area contributed by atoms with Crippen molar-refractivity contribution in [2.24, 2.45) is 11.7 Å². The van der Waals surface area contributed by atoms with Gasteiger partial charge in [-0.3, -0.25) is 4.79 Å². The maximum absolute atomic E-state index is 13.6. The van der Waals surface area contributed by atoms with Crippen molar-refractivity contribution in [2.45, 2.75) is 24.8 Å². The summed E-state index contributed by atoms with van der Waals surface area (Å²) in [5, 5.41) is 0. The van der Waals surface area contributed by atoms with Crippen molar-refractivity contribution in [1.29, 1.82) is 0 Å².